The van der Waals surface area contributed by atoms with Crippen LogP contribution < -0.4 is 10.1 Å². The highest BCUT2D eigenvalue weighted by Gasteiger charge is 2.18. The molecule has 1 aromatic carbocycles. The van der Waals surface area contributed by atoms with E-state index in [2.05, 4.69) is 24.1 Å². The molecule has 0 aliphatic heterocycles. The van der Waals surface area contributed by atoms with Gasteiger partial charge in [0.25, 0.3) is 0 Å². The Morgan fingerprint density at radius 1 is 1.22 bits per heavy atom. The predicted molar refractivity (Wildman–Crippen MR) is 91.3 cm³/mol. The highest BCUT2D eigenvalue weighted by atomic mass is 16.5. The van der Waals surface area contributed by atoms with Gasteiger partial charge in [-0.15, -0.1) is 0 Å². The second-order valence-corrected chi connectivity index (χ2v) is 5.92. The van der Waals surface area contributed by atoms with Gasteiger partial charge in [0.05, 0.1) is 13.2 Å². The van der Waals surface area contributed by atoms with Crippen LogP contribution >= 0.6 is 0 Å². The summed E-state index contributed by atoms with van der Waals surface area (Å²) < 4.78 is 5.18. The molecule has 0 aliphatic rings. The van der Waals surface area contributed by atoms with Gasteiger partial charge in [0, 0.05) is 18.8 Å². The van der Waals surface area contributed by atoms with Crippen molar-refractivity contribution in [3.05, 3.63) is 59.9 Å². The lowest BCUT2D eigenvalue weighted by atomic mass is 9.95. The average molecular weight is 312 g/mol. The van der Waals surface area contributed by atoms with E-state index in [0.717, 1.165) is 16.9 Å². The van der Waals surface area contributed by atoms with E-state index in [9.17, 15) is 4.79 Å². The van der Waals surface area contributed by atoms with Crippen LogP contribution in [0.2, 0.25) is 0 Å². The van der Waals surface area contributed by atoms with Gasteiger partial charge in [-0.1, -0.05) is 32.0 Å². The van der Waals surface area contributed by atoms with Gasteiger partial charge in [-0.2, -0.15) is 0 Å². The van der Waals surface area contributed by atoms with E-state index >= 15 is 0 Å². The first-order valence-electron chi connectivity index (χ1n) is 7.92. The molecule has 0 saturated carbocycles. The van der Waals surface area contributed by atoms with Crippen molar-refractivity contribution in [1.82, 2.24) is 10.3 Å². The molecule has 0 aliphatic carbocycles. The number of benzene rings is 1. The topological polar surface area (TPSA) is 51.2 Å². The Morgan fingerprint density at radius 3 is 2.52 bits per heavy atom. The first-order chi connectivity index (χ1) is 11.1. The van der Waals surface area contributed by atoms with Crippen LogP contribution in [0.1, 0.15) is 37.4 Å². The highest BCUT2D eigenvalue weighted by Crippen LogP contribution is 2.24. The van der Waals surface area contributed by atoms with E-state index in [1.807, 2.05) is 36.4 Å². The normalized spacial score (nSPS) is 12.0. The van der Waals surface area contributed by atoms with Gasteiger partial charge in [-0.05, 0) is 41.7 Å². The molecule has 2 rings (SSSR count). The van der Waals surface area contributed by atoms with Crippen LogP contribution in [0.4, 0.5) is 0 Å². The Labute approximate surface area is 137 Å². The Balaban J connectivity index is 1.96. The fourth-order valence-corrected chi connectivity index (χ4v) is 2.50. The van der Waals surface area contributed by atoms with Gasteiger partial charge in [-0.3, -0.25) is 9.78 Å². The number of amides is 1. The number of nitrogens with zero attached hydrogens (tertiary/aromatic N) is 1. The van der Waals surface area contributed by atoms with Crippen LogP contribution in [0, 0.1) is 5.92 Å². The fraction of sp³-hybridized carbons (Fsp3) is 0.368. The lowest BCUT2D eigenvalue weighted by Gasteiger charge is -2.23. The zero-order valence-corrected chi connectivity index (χ0v) is 14.0. The Hall–Kier alpha value is -2.36. The van der Waals surface area contributed by atoms with Crippen molar-refractivity contribution in [2.24, 2.45) is 5.92 Å². The van der Waals surface area contributed by atoms with Crippen LogP contribution in [-0.4, -0.2) is 18.0 Å². The zero-order chi connectivity index (χ0) is 16.7. The molecule has 4 nitrogen and oxygen atoms in total. The highest BCUT2D eigenvalue weighted by molar-refractivity contribution is 5.76. The summed E-state index contributed by atoms with van der Waals surface area (Å²) >= 11 is 0. The average Bonchev–Trinajstić information content (AvgIpc) is 2.58. The number of rotatable bonds is 7. The van der Waals surface area contributed by atoms with Crippen LogP contribution in [0.25, 0.3) is 0 Å². The SMILES string of the molecule is COc1ccc(C(NC(=O)CCc2cccnc2)C(C)C)cc1. The van der Waals surface area contributed by atoms with Gasteiger partial charge < -0.3 is 10.1 Å². The van der Waals surface area contributed by atoms with E-state index in [1.165, 1.54) is 0 Å². The summed E-state index contributed by atoms with van der Waals surface area (Å²) in [4.78, 5) is 16.3. The first-order valence-corrected chi connectivity index (χ1v) is 7.92. The van der Waals surface area contributed by atoms with Gasteiger partial charge in [0.2, 0.25) is 5.91 Å². The molecular weight excluding hydrogens is 288 g/mol. The summed E-state index contributed by atoms with van der Waals surface area (Å²) in [5, 5.41) is 3.14. The Kier molecular flexibility index (Phi) is 6.15. The van der Waals surface area contributed by atoms with Crippen molar-refractivity contribution >= 4 is 5.91 Å². The molecule has 0 bridgehead atoms. The second kappa shape index (κ2) is 8.32. The Bertz CT molecular complexity index is 609. The third-order valence-corrected chi connectivity index (χ3v) is 3.82. The summed E-state index contributed by atoms with van der Waals surface area (Å²) in [7, 11) is 1.65. The van der Waals surface area contributed by atoms with Gasteiger partial charge >= 0.3 is 0 Å². The lowest BCUT2D eigenvalue weighted by molar-refractivity contribution is -0.122. The molecule has 1 atom stereocenters. The number of hydrogen-bond donors (Lipinski definition) is 1. The number of hydrogen-bond acceptors (Lipinski definition) is 3. The molecule has 4 heteroatoms. The van der Waals surface area contributed by atoms with Crippen LogP contribution in [0.5, 0.6) is 5.75 Å². The van der Waals surface area contributed by atoms with E-state index in [0.29, 0.717) is 18.8 Å². The number of carbonyl (C=O) groups excluding carboxylic acids is 1. The number of methoxy groups -OCH3 is 1. The number of pyridine rings is 1. The standard InChI is InChI=1S/C19H24N2O2/c1-14(2)19(16-7-9-17(23-3)10-8-16)21-18(22)11-6-15-5-4-12-20-13-15/h4-5,7-10,12-14,19H,6,11H2,1-3H3,(H,21,22). The summed E-state index contributed by atoms with van der Waals surface area (Å²) in [5.74, 6) is 1.19. The maximum atomic E-state index is 12.3. The van der Waals surface area contributed by atoms with Gasteiger partial charge in [0.1, 0.15) is 5.75 Å². The third-order valence-electron chi connectivity index (χ3n) is 3.82. The molecule has 0 saturated heterocycles. The minimum absolute atomic E-state index is 0.00213. The largest absolute Gasteiger partial charge is 0.497 e. The number of nitrogens with one attached hydrogen (secondary N) is 1. The van der Waals surface area contributed by atoms with Crippen molar-refractivity contribution in [3.63, 3.8) is 0 Å². The van der Waals surface area contributed by atoms with Crippen molar-refractivity contribution in [2.75, 3.05) is 7.11 Å². The van der Waals surface area contributed by atoms with Crippen LogP contribution in [-0.2, 0) is 11.2 Å². The Morgan fingerprint density at radius 2 is 1.96 bits per heavy atom. The molecule has 1 heterocycles. The van der Waals surface area contributed by atoms with Crippen LogP contribution in [0.3, 0.4) is 0 Å². The monoisotopic (exact) mass is 312 g/mol. The summed E-state index contributed by atoms with van der Waals surface area (Å²) in [6, 6.07) is 11.7. The molecule has 122 valence electrons. The molecule has 0 radical (unpaired) electrons. The molecule has 1 unspecified atom stereocenters. The van der Waals surface area contributed by atoms with E-state index in [1.54, 1.807) is 19.5 Å². The zero-order valence-electron chi connectivity index (χ0n) is 14.0. The number of aryl methyl sites for hydroxylation is 1. The molecular formula is C19H24N2O2. The molecule has 0 spiro atoms. The fourth-order valence-electron chi connectivity index (χ4n) is 2.50. The van der Waals surface area contributed by atoms with Crippen molar-refractivity contribution in [2.45, 2.75) is 32.7 Å². The smallest absolute Gasteiger partial charge is 0.220 e. The minimum Gasteiger partial charge on any atom is -0.497 e. The number of ether oxygens (including phenoxy) is 1. The van der Waals surface area contributed by atoms with E-state index in [-0.39, 0.29) is 11.9 Å². The van der Waals surface area contributed by atoms with Gasteiger partial charge in [-0.25, -0.2) is 0 Å². The molecule has 0 fully saturated rings. The first kappa shape index (κ1) is 17.0. The molecule has 23 heavy (non-hydrogen) atoms. The number of carbonyl (C=O) groups is 1. The lowest BCUT2D eigenvalue weighted by Crippen LogP contribution is -2.31. The summed E-state index contributed by atoms with van der Waals surface area (Å²) in [5.41, 5.74) is 2.17. The quantitative estimate of drug-likeness (QED) is 0.851. The summed E-state index contributed by atoms with van der Waals surface area (Å²) in [6.07, 6.45) is 4.71. The van der Waals surface area contributed by atoms with E-state index < -0.39 is 0 Å². The maximum Gasteiger partial charge on any atom is 0.220 e. The van der Waals surface area contributed by atoms with E-state index in [4.69, 9.17) is 4.74 Å². The van der Waals surface area contributed by atoms with Crippen molar-refractivity contribution in [3.8, 4) is 5.75 Å². The minimum atomic E-state index is 0.00213. The molecule has 1 N–H and O–H groups in total. The predicted octanol–water partition coefficient (Wildman–Crippen LogP) is 3.54. The second-order valence-electron chi connectivity index (χ2n) is 5.92. The van der Waals surface area contributed by atoms with Gasteiger partial charge in [0.15, 0.2) is 0 Å². The molecule has 1 aromatic heterocycles. The summed E-state index contributed by atoms with van der Waals surface area (Å²) in [6.45, 7) is 4.21. The van der Waals surface area contributed by atoms with Crippen LogP contribution in [0.15, 0.2) is 48.8 Å². The van der Waals surface area contributed by atoms with Crippen molar-refractivity contribution in [1.29, 1.82) is 0 Å². The maximum absolute atomic E-state index is 12.3. The molecule has 1 amide bonds. The number of aromatic nitrogens is 1. The van der Waals surface area contributed by atoms with Crippen molar-refractivity contribution < 1.29 is 9.53 Å². The third kappa shape index (κ3) is 5.09. The molecule has 2 aromatic rings.